The fourth-order valence-electron chi connectivity index (χ4n) is 5.66. The molecule has 0 amide bonds. The maximum atomic E-state index is 12.8. The monoisotopic (exact) mass is 659 g/mol. The first kappa shape index (κ1) is 31.9. The van der Waals surface area contributed by atoms with Gasteiger partial charge in [0.2, 0.25) is 0 Å². The van der Waals surface area contributed by atoms with E-state index in [2.05, 4.69) is 35.8 Å². The second-order valence-corrected chi connectivity index (χ2v) is 14.6. The molecule has 0 bridgehead atoms. The Hall–Kier alpha value is -4.05. The molecule has 2 aliphatic carbocycles. The number of anilines is 3. The summed E-state index contributed by atoms with van der Waals surface area (Å²) in [4.78, 5) is 13.4. The molecule has 46 heavy (non-hydrogen) atoms. The molecule has 0 unspecified atom stereocenters. The minimum Gasteiger partial charge on any atom is -0.390 e. The van der Waals surface area contributed by atoms with Gasteiger partial charge in [0, 0.05) is 48.5 Å². The van der Waals surface area contributed by atoms with Crippen molar-refractivity contribution in [3.63, 3.8) is 0 Å². The van der Waals surface area contributed by atoms with Crippen LogP contribution in [0.5, 0.6) is 0 Å². The molecule has 4 aromatic rings. The standard InChI is InChI=1S/C30H36F3N9O3S/c1-29(2,43)20-3-5-21(6-4-20)37-25-15-27(35-17-23(25)24-10-13-41(40-24)14-11-30(31,32)33)38-26-9-12-34-28(39-26)19-16-36-42(18-19)46(44,45)22-7-8-22/h9-10,12-13,15-18,20-22,43H,3-8,11,14H2,1-2H3,(H2,34,35,37,38,39). The van der Waals surface area contributed by atoms with Crippen LogP contribution in [0.3, 0.4) is 0 Å². The summed E-state index contributed by atoms with van der Waals surface area (Å²) in [5.74, 6) is 1.34. The maximum Gasteiger partial charge on any atom is 0.390 e. The van der Waals surface area contributed by atoms with Gasteiger partial charge in [0.15, 0.2) is 5.82 Å². The second kappa shape index (κ2) is 12.3. The first-order chi connectivity index (χ1) is 21.7. The Kier molecular flexibility index (Phi) is 8.52. The van der Waals surface area contributed by atoms with E-state index in [1.54, 1.807) is 30.6 Å². The number of aromatic nitrogens is 7. The molecule has 0 aliphatic heterocycles. The second-order valence-electron chi connectivity index (χ2n) is 12.5. The van der Waals surface area contributed by atoms with Gasteiger partial charge in [-0.25, -0.2) is 23.4 Å². The number of nitrogens with zero attached hydrogens (tertiary/aromatic N) is 7. The van der Waals surface area contributed by atoms with Crippen molar-refractivity contribution >= 4 is 27.3 Å². The lowest BCUT2D eigenvalue weighted by molar-refractivity contribution is -0.137. The quantitative estimate of drug-likeness (QED) is 0.191. The number of hydrogen-bond acceptors (Lipinski definition) is 10. The summed E-state index contributed by atoms with van der Waals surface area (Å²) in [5.41, 5.74) is 1.51. The average molecular weight is 660 g/mol. The Bertz CT molecular complexity index is 1790. The number of pyridine rings is 1. The largest absolute Gasteiger partial charge is 0.390 e. The van der Waals surface area contributed by atoms with Crippen LogP contribution >= 0.6 is 0 Å². The number of halogens is 3. The van der Waals surface area contributed by atoms with E-state index in [-0.39, 0.29) is 24.3 Å². The molecule has 0 aromatic carbocycles. The van der Waals surface area contributed by atoms with Gasteiger partial charge in [-0.3, -0.25) is 4.68 Å². The van der Waals surface area contributed by atoms with Crippen LogP contribution in [-0.4, -0.2) is 70.5 Å². The smallest absolute Gasteiger partial charge is 0.390 e. The van der Waals surface area contributed by atoms with Gasteiger partial charge < -0.3 is 15.7 Å². The Morgan fingerprint density at radius 2 is 1.78 bits per heavy atom. The fraction of sp³-hybridized carbons (Fsp3) is 0.500. The van der Waals surface area contributed by atoms with Crippen LogP contribution in [-0.2, 0) is 16.6 Å². The molecule has 4 aromatic heterocycles. The third-order valence-electron chi connectivity index (χ3n) is 8.47. The molecule has 12 nitrogen and oxygen atoms in total. The van der Waals surface area contributed by atoms with Crippen molar-refractivity contribution in [1.29, 1.82) is 0 Å². The van der Waals surface area contributed by atoms with Gasteiger partial charge in [0.1, 0.15) is 11.6 Å². The Labute approximate surface area is 264 Å². The highest BCUT2D eigenvalue weighted by atomic mass is 32.2. The summed E-state index contributed by atoms with van der Waals surface area (Å²) in [6.45, 7) is 3.38. The molecule has 0 radical (unpaired) electrons. The van der Waals surface area contributed by atoms with E-state index < -0.39 is 33.5 Å². The Morgan fingerprint density at radius 3 is 2.48 bits per heavy atom. The van der Waals surface area contributed by atoms with Crippen LogP contribution < -0.4 is 10.6 Å². The van der Waals surface area contributed by atoms with Crippen molar-refractivity contribution in [3.8, 4) is 22.6 Å². The van der Waals surface area contributed by atoms with E-state index in [1.807, 2.05) is 13.8 Å². The number of alkyl halides is 3. The SMILES string of the molecule is CC(C)(O)C1CCC(Nc2cc(Nc3ccnc(-c4cnn(S(=O)(=O)C5CC5)c4)n3)ncc2-c2ccn(CCC(F)(F)F)n2)CC1. The van der Waals surface area contributed by atoms with Crippen LogP contribution in [0.15, 0.2) is 49.2 Å². The van der Waals surface area contributed by atoms with Crippen molar-refractivity contribution in [2.75, 3.05) is 10.6 Å². The number of aryl methyl sites for hydroxylation is 1. The summed E-state index contributed by atoms with van der Waals surface area (Å²) in [7, 11) is -3.53. The molecule has 0 atom stereocenters. The third-order valence-corrected chi connectivity index (χ3v) is 10.5. The molecule has 2 aliphatic rings. The van der Waals surface area contributed by atoms with Gasteiger partial charge in [-0.15, -0.1) is 0 Å². The number of nitrogens with one attached hydrogen (secondary N) is 2. The topological polar surface area (TPSA) is 153 Å². The first-order valence-corrected chi connectivity index (χ1v) is 16.7. The van der Waals surface area contributed by atoms with Crippen LogP contribution in [0.1, 0.15) is 58.8 Å². The van der Waals surface area contributed by atoms with Crippen LogP contribution in [0.2, 0.25) is 0 Å². The minimum absolute atomic E-state index is 0.106. The highest BCUT2D eigenvalue weighted by molar-refractivity contribution is 7.90. The highest BCUT2D eigenvalue weighted by Gasteiger charge is 2.38. The summed E-state index contributed by atoms with van der Waals surface area (Å²) in [6, 6.07) is 5.22. The van der Waals surface area contributed by atoms with Gasteiger partial charge in [-0.05, 0) is 70.4 Å². The fourth-order valence-corrected chi connectivity index (χ4v) is 7.14. The number of rotatable bonds is 11. The third kappa shape index (κ3) is 7.49. The average Bonchev–Trinajstić information content (AvgIpc) is 3.55. The zero-order valence-corrected chi connectivity index (χ0v) is 26.3. The van der Waals surface area contributed by atoms with Gasteiger partial charge in [0.05, 0.1) is 40.9 Å². The van der Waals surface area contributed by atoms with Crippen LogP contribution in [0.25, 0.3) is 22.6 Å². The molecule has 2 saturated carbocycles. The lowest BCUT2D eigenvalue weighted by Crippen LogP contribution is -2.37. The minimum atomic E-state index is -4.29. The normalized spacial score (nSPS) is 19.3. The van der Waals surface area contributed by atoms with Gasteiger partial charge in [-0.1, -0.05) is 0 Å². The van der Waals surface area contributed by atoms with E-state index >= 15 is 0 Å². The van der Waals surface area contributed by atoms with Crippen molar-refractivity contribution < 1.29 is 26.7 Å². The van der Waals surface area contributed by atoms with Gasteiger partial charge in [0.25, 0.3) is 10.0 Å². The summed E-state index contributed by atoms with van der Waals surface area (Å²) in [6.07, 6.45) is 6.82. The van der Waals surface area contributed by atoms with Crippen molar-refractivity contribution in [2.45, 2.75) is 88.4 Å². The summed E-state index contributed by atoms with van der Waals surface area (Å²) < 4.78 is 65.8. The molecule has 2 fully saturated rings. The Morgan fingerprint density at radius 1 is 1.02 bits per heavy atom. The zero-order valence-electron chi connectivity index (χ0n) is 25.4. The summed E-state index contributed by atoms with van der Waals surface area (Å²) in [5, 5.41) is 25.2. The van der Waals surface area contributed by atoms with Crippen LogP contribution in [0, 0.1) is 5.92 Å². The molecule has 16 heteroatoms. The van der Waals surface area contributed by atoms with Gasteiger partial charge >= 0.3 is 6.18 Å². The summed E-state index contributed by atoms with van der Waals surface area (Å²) >= 11 is 0. The molecule has 4 heterocycles. The lowest BCUT2D eigenvalue weighted by atomic mass is 9.77. The molecular weight excluding hydrogens is 623 g/mol. The predicted octanol–water partition coefficient (Wildman–Crippen LogP) is 5.38. The zero-order chi connectivity index (χ0) is 32.7. The molecule has 0 saturated heterocycles. The maximum absolute atomic E-state index is 12.8. The predicted molar refractivity (Wildman–Crippen MR) is 166 cm³/mol. The first-order valence-electron chi connectivity index (χ1n) is 15.2. The van der Waals surface area contributed by atoms with E-state index in [1.165, 1.54) is 23.3 Å². The van der Waals surface area contributed by atoms with Crippen molar-refractivity contribution in [1.82, 2.24) is 33.9 Å². The van der Waals surface area contributed by atoms with E-state index in [4.69, 9.17) is 0 Å². The molecule has 3 N–H and O–H groups in total. The molecule has 6 rings (SSSR count). The number of hydrogen-bond donors (Lipinski definition) is 3. The lowest BCUT2D eigenvalue weighted by Gasteiger charge is -2.36. The molecular formula is C30H36F3N9O3S. The molecule has 0 spiro atoms. The van der Waals surface area contributed by atoms with E-state index in [9.17, 15) is 26.7 Å². The van der Waals surface area contributed by atoms with E-state index in [0.29, 0.717) is 47.0 Å². The molecule has 246 valence electrons. The van der Waals surface area contributed by atoms with Crippen LogP contribution in [0.4, 0.5) is 30.5 Å². The van der Waals surface area contributed by atoms with Crippen molar-refractivity contribution in [2.24, 2.45) is 5.92 Å². The van der Waals surface area contributed by atoms with Crippen molar-refractivity contribution in [3.05, 3.63) is 49.2 Å². The van der Waals surface area contributed by atoms with E-state index in [0.717, 1.165) is 29.8 Å². The number of aliphatic hydroxyl groups is 1. The van der Waals surface area contributed by atoms with Gasteiger partial charge in [-0.2, -0.15) is 27.5 Å². The highest BCUT2D eigenvalue weighted by Crippen LogP contribution is 2.36. The Balaban J connectivity index is 1.23.